The molecule has 0 spiro atoms. The van der Waals surface area contributed by atoms with Crippen molar-refractivity contribution in [3.8, 4) is 5.75 Å². The van der Waals surface area contributed by atoms with E-state index in [1.54, 1.807) is 24.3 Å². The zero-order chi connectivity index (χ0) is 14.1. The van der Waals surface area contributed by atoms with Gasteiger partial charge in [-0.25, -0.2) is 8.42 Å². The van der Waals surface area contributed by atoms with Gasteiger partial charge in [-0.15, -0.1) is 0 Å². The summed E-state index contributed by atoms with van der Waals surface area (Å²) < 4.78 is 28.4. The van der Waals surface area contributed by atoms with E-state index in [1.165, 1.54) is 6.26 Å². The van der Waals surface area contributed by atoms with Crippen molar-refractivity contribution in [1.29, 1.82) is 0 Å². The normalized spacial score (nSPS) is 11.5. The molecule has 1 rings (SSSR count). The first-order chi connectivity index (χ1) is 9.04. The highest BCUT2D eigenvalue weighted by molar-refractivity contribution is 7.90. The smallest absolute Gasteiger partial charge is 0.175 e. The van der Waals surface area contributed by atoms with Gasteiger partial charge in [0.25, 0.3) is 0 Å². The molecule has 108 valence electrons. The summed E-state index contributed by atoms with van der Waals surface area (Å²) in [6.45, 7) is 4.81. The molecule has 0 radical (unpaired) electrons. The van der Waals surface area contributed by atoms with Crippen molar-refractivity contribution in [2.45, 2.75) is 31.1 Å². The Kier molecular flexibility index (Phi) is 6.87. The Morgan fingerprint density at radius 3 is 2.68 bits per heavy atom. The highest BCUT2D eigenvalue weighted by Crippen LogP contribution is 2.17. The van der Waals surface area contributed by atoms with Crippen molar-refractivity contribution < 1.29 is 13.2 Å². The molecule has 0 saturated carbocycles. The largest absolute Gasteiger partial charge is 0.494 e. The van der Waals surface area contributed by atoms with Gasteiger partial charge < -0.3 is 10.1 Å². The first-order valence-electron chi connectivity index (χ1n) is 6.67. The zero-order valence-electron chi connectivity index (χ0n) is 11.7. The Labute approximate surface area is 116 Å². The van der Waals surface area contributed by atoms with Crippen LogP contribution in [0.2, 0.25) is 0 Å². The minimum atomic E-state index is -3.16. The molecular weight excluding hydrogens is 262 g/mol. The number of hydrogen-bond acceptors (Lipinski definition) is 4. The number of ether oxygens (including phenoxy) is 1. The van der Waals surface area contributed by atoms with Gasteiger partial charge in [-0.2, -0.15) is 0 Å². The van der Waals surface area contributed by atoms with Crippen LogP contribution in [0.25, 0.3) is 0 Å². The Hall–Kier alpha value is -1.07. The van der Waals surface area contributed by atoms with Crippen molar-refractivity contribution in [3.63, 3.8) is 0 Å². The summed E-state index contributed by atoms with van der Waals surface area (Å²) in [4.78, 5) is 0.301. The van der Waals surface area contributed by atoms with E-state index in [0.717, 1.165) is 32.4 Å². The molecule has 0 amide bonds. The summed E-state index contributed by atoms with van der Waals surface area (Å²) in [6, 6.07) is 6.64. The number of benzene rings is 1. The van der Waals surface area contributed by atoms with Gasteiger partial charge >= 0.3 is 0 Å². The van der Waals surface area contributed by atoms with Crippen molar-refractivity contribution in [2.75, 3.05) is 26.0 Å². The molecule has 1 N–H and O–H groups in total. The lowest BCUT2D eigenvalue weighted by molar-refractivity contribution is 0.305. The van der Waals surface area contributed by atoms with Crippen molar-refractivity contribution in [3.05, 3.63) is 24.3 Å². The highest BCUT2D eigenvalue weighted by Gasteiger charge is 2.07. The van der Waals surface area contributed by atoms with Crippen LogP contribution in [0.15, 0.2) is 29.2 Å². The maximum atomic E-state index is 11.4. The number of hydrogen-bond donors (Lipinski definition) is 1. The van der Waals surface area contributed by atoms with Crippen molar-refractivity contribution >= 4 is 9.84 Å². The third-order valence-corrected chi connectivity index (χ3v) is 3.79. The average molecular weight is 285 g/mol. The second-order valence-corrected chi connectivity index (χ2v) is 6.57. The molecule has 0 aliphatic heterocycles. The summed E-state index contributed by atoms with van der Waals surface area (Å²) in [5, 5.41) is 3.33. The lowest BCUT2D eigenvalue weighted by Gasteiger charge is -2.07. The number of unbranched alkanes of at least 4 members (excludes halogenated alkanes) is 1. The molecule has 5 heteroatoms. The summed E-state index contributed by atoms with van der Waals surface area (Å²) in [5.41, 5.74) is 0. The first kappa shape index (κ1) is 16.0. The van der Waals surface area contributed by atoms with Crippen LogP contribution in [-0.4, -0.2) is 34.4 Å². The summed E-state index contributed by atoms with van der Waals surface area (Å²) in [6.07, 6.45) is 4.37. The molecule has 0 aliphatic carbocycles. The fraction of sp³-hybridized carbons (Fsp3) is 0.571. The standard InChI is InChI=1S/C14H23NO3S/c1-3-9-15-10-4-5-11-18-13-7-6-8-14(12-13)19(2,16)17/h6-8,12,15H,3-5,9-11H2,1-2H3. The van der Waals surface area contributed by atoms with Crippen LogP contribution >= 0.6 is 0 Å². The molecule has 0 atom stereocenters. The van der Waals surface area contributed by atoms with E-state index in [-0.39, 0.29) is 0 Å². The lowest BCUT2D eigenvalue weighted by atomic mass is 10.3. The molecule has 1 aromatic rings. The topological polar surface area (TPSA) is 55.4 Å². The molecule has 4 nitrogen and oxygen atoms in total. The molecule has 0 fully saturated rings. The van der Waals surface area contributed by atoms with Gasteiger partial charge in [0.2, 0.25) is 0 Å². The minimum Gasteiger partial charge on any atom is -0.494 e. The maximum Gasteiger partial charge on any atom is 0.175 e. The van der Waals surface area contributed by atoms with Crippen LogP contribution in [0.5, 0.6) is 5.75 Å². The van der Waals surface area contributed by atoms with Crippen LogP contribution in [0, 0.1) is 0 Å². The van der Waals surface area contributed by atoms with E-state index in [2.05, 4.69) is 12.2 Å². The summed E-state index contributed by atoms with van der Waals surface area (Å²) >= 11 is 0. The van der Waals surface area contributed by atoms with Crippen LogP contribution in [0.1, 0.15) is 26.2 Å². The van der Waals surface area contributed by atoms with Crippen molar-refractivity contribution in [2.24, 2.45) is 0 Å². The third-order valence-electron chi connectivity index (χ3n) is 2.68. The first-order valence-corrected chi connectivity index (χ1v) is 8.57. The molecule has 0 aliphatic rings. The average Bonchev–Trinajstić information content (AvgIpc) is 2.37. The number of nitrogens with one attached hydrogen (secondary N) is 1. The van der Waals surface area contributed by atoms with Gasteiger partial charge in [-0.05, 0) is 50.6 Å². The van der Waals surface area contributed by atoms with E-state index >= 15 is 0 Å². The number of sulfone groups is 1. The summed E-state index contributed by atoms with van der Waals surface area (Å²) in [7, 11) is -3.16. The second kappa shape index (κ2) is 8.17. The van der Waals surface area contributed by atoms with Crippen LogP contribution in [0.4, 0.5) is 0 Å². The summed E-state index contributed by atoms with van der Waals surface area (Å²) in [5.74, 6) is 0.615. The zero-order valence-corrected chi connectivity index (χ0v) is 12.5. The fourth-order valence-corrected chi connectivity index (χ4v) is 2.29. The molecule has 0 aromatic heterocycles. The van der Waals surface area contributed by atoms with Crippen LogP contribution < -0.4 is 10.1 Å². The fourth-order valence-electron chi connectivity index (χ4n) is 1.64. The molecule has 0 saturated heterocycles. The van der Waals surface area contributed by atoms with E-state index < -0.39 is 9.84 Å². The van der Waals surface area contributed by atoms with E-state index in [9.17, 15) is 8.42 Å². The predicted octanol–water partition coefficient (Wildman–Crippen LogP) is 2.25. The van der Waals surface area contributed by atoms with Gasteiger partial charge in [-0.3, -0.25) is 0 Å². The molecule has 19 heavy (non-hydrogen) atoms. The molecule has 0 bridgehead atoms. The van der Waals surface area contributed by atoms with E-state index in [0.29, 0.717) is 17.3 Å². The second-order valence-electron chi connectivity index (χ2n) is 4.55. The van der Waals surface area contributed by atoms with Gasteiger partial charge in [-0.1, -0.05) is 13.0 Å². The van der Waals surface area contributed by atoms with E-state index in [1.807, 2.05) is 0 Å². The van der Waals surface area contributed by atoms with Crippen LogP contribution in [0.3, 0.4) is 0 Å². The SMILES string of the molecule is CCCNCCCCOc1cccc(S(C)(=O)=O)c1. The van der Waals surface area contributed by atoms with Gasteiger partial charge in [0, 0.05) is 6.26 Å². The predicted molar refractivity (Wildman–Crippen MR) is 77.4 cm³/mol. The number of rotatable bonds is 9. The monoisotopic (exact) mass is 285 g/mol. The third kappa shape index (κ3) is 6.59. The Morgan fingerprint density at radius 1 is 1.21 bits per heavy atom. The van der Waals surface area contributed by atoms with E-state index in [4.69, 9.17) is 4.74 Å². The lowest BCUT2D eigenvalue weighted by Crippen LogP contribution is -2.16. The van der Waals surface area contributed by atoms with Crippen LogP contribution in [-0.2, 0) is 9.84 Å². The quantitative estimate of drug-likeness (QED) is 0.707. The Bertz CT molecular complexity index is 471. The Morgan fingerprint density at radius 2 is 2.00 bits per heavy atom. The highest BCUT2D eigenvalue weighted by atomic mass is 32.2. The maximum absolute atomic E-state index is 11.4. The molecule has 1 aromatic carbocycles. The molecular formula is C14H23NO3S. The minimum absolute atomic E-state index is 0.301. The van der Waals surface area contributed by atoms with Gasteiger partial charge in [0.1, 0.15) is 5.75 Å². The molecule has 0 unspecified atom stereocenters. The van der Waals surface area contributed by atoms with Crippen molar-refractivity contribution in [1.82, 2.24) is 5.32 Å². The molecule has 0 heterocycles. The van der Waals surface area contributed by atoms with Gasteiger partial charge in [0.05, 0.1) is 11.5 Å². The van der Waals surface area contributed by atoms with Gasteiger partial charge in [0.15, 0.2) is 9.84 Å². The Balaban J connectivity index is 2.30.